The molecule has 0 fully saturated rings. The van der Waals surface area contributed by atoms with Crippen LogP contribution in [0.4, 0.5) is 11.4 Å². The summed E-state index contributed by atoms with van der Waals surface area (Å²) in [6.07, 6.45) is 5.25. The summed E-state index contributed by atoms with van der Waals surface area (Å²) in [5.41, 5.74) is 1.14. The molecular formula is C15H12ClN2O3S+. The summed E-state index contributed by atoms with van der Waals surface area (Å²) in [5, 5.41) is 0.283. The number of benzene rings is 2. The quantitative estimate of drug-likeness (QED) is 0.689. The van der Waals surface area contributed by atoms with Crippen molar-refractivity contribution in [1.82, 2.24) is 0 Å². The molecule has 0 heterocycles. The van der Waals surface area contributed by atoms with Crippen LogP contribution in [-0.4, -0.2) is 20.2 Å². The maximum absolute atomic E-state index is 12.3. The number of terminal acetylenes is 1. The molecule has 2 rings (SSSR count). The average molecular weight is 336 g/mol. The van der Waals surface area contributed by atoms with Crippen LogP contribution < -0.4 is 4.72 Å². The third-order valence-electron chi connectivity index (χ3n) is 2.89. The van der Waals surface area contributed by atoms with Gasteiger partial charge in [-0.3, -0.25) is 4.72 Å². The number of nitrogens with one attached hydrogen (secondary N) is 1. The highest BCUT2D eigenvalue weighted by atomic mass is 35.5. The Hall–Kier alpha value is -2.36. The molecule has 0 spiro atoms. The van der Waals surface area contributed by atoms with E-state index in [-0.39, 0.29) is 9.92 Å². The Morgan fingerprint density at radius 2 is 1.82 bits per heavy atom. The highest BCUT2D eigenvalue weighted by molar-refractivity contribution is 7.92. The number of nitrogens with zero attached hydrogens (tertiary/aromatic N) is 1. The lowest BCUT2D eigenvalue weighted by atomic mass is 10.2. The highest BCUT2D eigenvalue weighted by Crippen LogP contribution is 2.23. The van der Waals surface area contributed by atoms with Crippen molar-refractivity contribution in [2.75, 3.05) is 11.8 Å². The lowest BCUT2D eigenvalue weighted by Crippen LogP contribution is -2.13. The molecule has 0 aliphatic rings. The summed E-state index contributed by atoms with van der Waals surface area (Å²) in [4.78, 5) is 11.2. The van der Waals surface area contributed by atoms with Crippen molar-refractivity contribution in [3.05, 3.63) is 58.0 Å². The fourth-order valence-electron chi connectivity index (χ4n) is 1.74. The van der Waals surface area contributed by atoms with Crippen LogP contribution in [0, 0.1) is 17.3 Å². The Kier molecular flexibility index (Phi) is 4.50. The zero-order valence-corrected chi connectivity index (χ0v) is 13.1. The van der Waals surface area contributed by atoms with Gasteiger partial charge in [0.1, 0.15) is 0 Å². The van der Waals surface area contributed by atoms with Crippen LogP contribution in [0.2, 0.25) is 5.02 Å². The number of anilines is 1. The van der Waals surface area contributed by atoms with Gasteiger partial charge in [-0.05, 0) is 30.3 Å². The Balaban J connectivity index is 2.29. The number of rotatable bonds is 4. The van der Waals surface area contributed by atoms with Crippen molar-refractivity contribution in [1.29, 1.82) is 0 Å². The van der Waals surface area contributed by atoms with E-state index in [1.165, 1.54) is 43.4 Å². The number of hydrogen-bond acceptors (Lipinski definition) is 3. The number of hydrogen-bond donors (Lipinski definition) is 1. The normalized spacial score (nSPS) is 10.8. The fourth-order valence-corrected chi connectivity index (χ4v) is 3.03. The Morgan fingerprint density at radius 1 is 1.18 bits per heavy atom. The molecule has 0 aromatic heterocycles. The molecule has 0 amide bonds. The van der Waals surface area contributed by atoms with E-state index < -0.39 is 10.0 Å². The van der Waals surface area contributed by atoms with Crippen LogP contribution in [0.1, 0.15) is 5.56 Å². The van der Waals surface area contributed by atoms with Gasteiger partial charge in [0, 0.05) is 27.4 Å². The predicted molar refractivity (Wildman–Crippen MR) is 85.8 cm³/mol. The lowest BCUT2D eigenvalue weighted by Gasteiger charge is -2.08. The minimum absolute atomic E-state index is 0.0373. The molecule has 1 N–H and O–H groups in total. The molecule has 22 heavy (non-hydrogen) atoms. The van der Waals surface area contributed by atoms with Gasteiger partial charge in [0.25, 0.3) is 15.7 Å². The number of nitroso groups, excluding NO2 is 1. The van der Waals surface area contributed by atoms with Crippen LogP contribution in [0.15, 0.2) is 47.4 Å². The molecule has 0 bridgehead atoms. The standard InChI is InChI=1S/C15H12ClN2O3S/c1-3-11-4-5-12(10-15(11)16)17-22(20,21)14-8-6-13(7-9-14)18(2)19/h1,4-10,17H,2H3/q+1. The van der Waals surface area contributed by atoms with E-state index in [4.69, 9.17) is 18.0 Å². The minimum Gasteiger partial charge on any atom is -0.280 e. The van der Waals surface area contributed by atoms with Crippen molar-refractivity contribution in [2.24, 2.45) is 0 Å². The van der Waals surface area contributed by atoms with E-state index in [0.717, 1.165) is 0 Å². The summed E-state index contributed by atoms with van der Waals surface area (Å²) in [5.74, 6) is 2.39. The summed E-state index contributed by atoms with van der Waals surface area (Å²) in [7, 11) is -2.44. The molecular weight excluding hydrogens is 324 g/mol. The van der Waals surface area contributed by atoms with Crippen LogP contribution in [0.25, 0.3) is 0 Å². The first-order chi connectivity index (χ1) is 10.3. The average Bonchev–Trinajstić information content (AvgIpc) is 2.47. The zero-order valence-electron chi connectivity index (χ0n) is 11.6. The van der Waals surface area contributed by atoms with Crippen molar-refractivity contribution in [3.63, 3.8) is 0 Å². The maximum atomic E-state index is 12.3. The molecule has 0 atom stereocenters. The lowest BCUT2D eigenvalue weighted by molar-refractivity contribution is -0.428. The predicted octanol–water partition coefficient (Wildman–Crippen LogP) is 3.16. The fraction of sp³-hybridized carbons (Fsp3) is 0.0667. The van der Waals surface area contributed by atoms with E-state index in [1.54, 1.807) is 6.07 Å². The van der Waals surface area contributed by atoms with Crippen molar-refractivity contribution < 1.29 is 13.2 Å². The second kappa shape index (κ2) is 6.18. The van der Waals surface area contributed by atoms with Gasteiger partial charge in [-0.15, -0.1) is 6.42 Å². The molecule has 0 unspecified atom stereocenters. The van der Waals surface area contributed by atoms with E-state index in [9.17, 15) is 13.3 Å². The van der Waals surface area contributed by atoms with E-state index >= 15 is 0 Å². The molecule has 112 valence electrons. The molecule has 7 heteroatoms. The number of halogens is 1. The van der Waals surface area contributed by atoms with Crippen molar-refractivity contribution in [3.8, 4) is 12.3 Å². The first kappa shape index (κ1) is 16.0. The van der Waals surface area contributed by atoms with Gasteiger partial charge in [-0.1, -0.05) is 17.5 Å². The largest absolute Gasteiger partial charge is 0.280 e. The van der Waals surface area contributed by atoms with Gasteiger partial charge in [-0.25, -0.2) is 8.42 Å². The number of sulfonamides is 1. The smallest absolute Gasteiger partial charge is 0.261 e. The molecule has 0 saturated heterocycles. The monoisotopic (exact) mass is 335 g/mol. The Bertz CT molecular complexity index is 869. The van der Waals surface area contributed by atoms with Gasteiger partial charge in [0.2, 0.25) is 0 Å². The molecule has 0 aliphatic heterocycles. The van der Waals surface area contributed by atoms with Gasteiger partial charge < -0.3 is 0 Å². The van der Waals surface area contributed by atoms with Crippen LogP contribution in [-0.2, 0) is 10.0 Å². The summed E-state index contributed by atoms with van der Waals surface area (Å²) >= 11 is 5.94. The SMILES string of the molecule is C#Cc1ccc(NS(=O)(=O)c2ccc([N+](C)=O)cc2)cc1Cl. The van der Waals surface area contributed by atoms with Gasteiger partial charge in [0.05, 0.1) is 15.6 Å². The molecule has 0 radical (unpaired) electrons. The second-order valence-corrected chi connectivity index (χ2v) is 6.53. The van der Waals surface area contributed by atoms with Crippen molar-refractivity contribution >= 4 is 33.0 Å². The molecule has 0 aliphatic carbocycles. The maximum Gasteiger partial charge on any atom is 0.261 e. The zero-order chi connectivity index (χ0) is 16.3. The Labute approximate surface area is 133 Å². The van der Waals surface area contributed by atoms with E-state index in [0.29, 0.717) is 21.7 Å². The van der Waals surface area contributed by atoms with Crippen LogP contribution in [0.5, 0.6) is 0 Å². The van der Waals surface area contributed by atoms with Gasteiger partial charge in [-0.2, -0.15) is 0 Å². The minimum atomic E-state index is -3.77. The van der Waals surface area contributed by atoms with E-state index in [2.05, 4.69) is 10.6 Å². The van der Waals surface area contributed by atoms with E-state index in [1.807, 2.05) is 0 Å². The third kappa shape index (κ3) is 3.45. The molecule has 0 saturated carbocycles. The van der Waals surface area contributed by atoms with Gasteiger partial charge in [0.15, 0.2) is 7.05 Å². The molecule has 2 aromatic carbocycles. The summed E-state index contributed by atoms with van der Waals surface area (Å²) in [6, 6.07) is 10.1. The second-order valence-electron chi connectivity index (χ2n) is 4.44. The van der Waals surface area contributed by atoms with Crippen LogP contribution in [0.3, 0.4) is 0 Å². The molecule has 2 aromatic rings. The summed E-state index contributed by atoms with van der Waals surface area (Å²) in [6.45, 7) is 0. The first-order valence-corrected chi connectivity index (χ1v) is 7.99. The van der Waals surface area contributed by atoms with Crippen LogP contribution >= 0.6 is 11.6 Å². The third-order valence-corrected chi connectivity index (χ3v) is 4.60. The van der Waals surface area contributed by atoms with Crippen molar-refractivity contribution in [2.45, 2.75) is 4.90 Å². The first-order valence-electron chi connectivity index (χ1n) is 6.13. The van der Waals surface area contributed by atoms with Gasteiger partial charge >= 0.3 is 0 Å². The Morgan fingerprint density at radius 3 is 2.32 bits per heavy atom. The topological polar surface area (TPSA) is 66.2 Å². The highest BCUT2D eigenvalue weighted by Gasteiger charge is 2.16. The molecule has 5 nitrogen and oxygen atoms in total. The summed E-state index contributed by atoms with van der Waals surface area (Å²) < 4.78 is 27.6.